The number of aromatic nitrogens is 1. The number of carbonyl (C=O) groups excluding carboxylic acids is 1. The van der Waals surface area contributed by atoms with Crippen LogP contribution in [0.4, 0.5) is 10.5 Å². The molecule has 0 atom stereocenters. The fraction of sp³-hybridized carbons (Fsp3) is 0.304. The number of rotatable bonds is 9. The molecule has 2 aromatic carbocycles. The SMILES string of the molecule is CCOc1ccc2[nH]c(=O)c(CN(CCCO)C(=O)Nc3ccc(OC)cc3)cc2c1. The monoisotopic (exact) mass is 425 g/mol. The third-order valence-electron chi connectivity index (χ3n) is 4.78. The normalized spacial score (nSPS) is 10.7. The number of hydrogen-bond donors (Lipinski definition) is 3. The van der Waals surface area contributed by atoms with E-state index in [9.17, 15) is 14.7 Å². The molecule has 0 aliphatic heterocycles. The maximum Gasteiger partial charge on any atom is 0.322 e. The van der Waals surface area contributed by atoms with Gasteiger partial charge in [0.05, 0.1) is 20.3 Å². The molecular weight excluding hydrogens is 398 g/mol. The number of fused-ring (bicyclic) bond motifs is 1. The number of hydrogen-bond acceptors (Lipinski definition) is 5. The third kappa shape index (κ3) is 5.76. The van der Waals surface area contributed by atoms with Crippen LogP contribution in [0.1, 0.15) is 18.9 Å². The number of methoxy groups -OCH3 is 1. The van der Waals surface area contributed by atoms with E-state index in [0.717, 1.165) is 5.39 Å². The number of ether oxygens (including phenoxy) is 2. The first-order valence-electron chi connectivity index (χ1n) is 10.1. The highest BCUT2D eigenvalue weighted by molar-refractivity contribution is 5.89. The van der Waals surface area contributed by atoms with Crippen LogP contribution < -0.4 is 20.3 Å². The number of carbonyl (C=O) groups is 1. The summed E-state index contributed by atoms with van der Waals surface area (Å²) in [4.78, 5) is 29.8. The van der Waals surface area contributed by atoms with Gasteiger partial charge in [0.2, 0.25) is 0 Å². The Morgan fingerprint density at radius 1 is 1.13 bits per heavy atom. The number of nitrogens with zero attached hydrogens (tertiary/aromatic N) is 1. The molecule has 1 heterocycles. The summed E-state index contributed by atoms with van der Waals surface area (Å²) < 4.78 is 10.7. The average molecular weight is 425 g/mol. The van der Waals surface area contributed by atoms with Crippen molar-refractivity contribution in [1.29, 1.82) is 0 Å². The first kappa shape index (κ1) is 22.2. The molecule has 0 saturated heterocycles. The van der Waals surface area contributed by atoms with Crippen LogP contribution in [-0.2, 0) is 6.54 Å². The van der Waals surface area contributed by atoms with Gasteiger partial charge in [-0.1, -0.05) is 0 Å². The van der Waals surface area contributed by atoms with Crippen molar-refractivity contribution in [1.82, 2.24) is 9.88 Å². The minimum absolute atomic E-state index is 0.0574. The fourth-order valence-electron chi connectivity index (χ4n) is 3.20. The summed E-state index contributed by atoms with van der Waals surface area (Å²) in [5, 5.41) is 12.9. The van der Waals surface area contributed by atoms with E-state index >= 15 is 0 Å². The molecule has 0 bridgehead atoms. The second kappa shape index (κ2) is 10.5. The van der Waals surface area contributed by atoms with E-state index in [2.05, 4.69) is 10.3 Å². The highest BCUT2D eigenvalue weighted by Crippen LogP contribution is 2.20. The van der Waals surface area contributed by atoms with Gasteiger partial charge < -0.3 is 29.8 Å². The fourth-order valence-corrected chi connectivity index (χ4v) is 3.20. The van der Waals surface area contributed by atoms with Crippen molar-refractivity contribution in [3.8, 4) is 11.5 Å². The topological polar surface area (TPSA) is 104 Å². The number of H-pyrrole nitrogens is 1. The van der Waals surface area contributed by atoms with Crippen LogP contribution in [0.15, 0.2) is 53.3 Å². The number of anilines is 1. The molecule has 0 saturated carbocycles. The smallest absolute Gasteiger partial charge is 0.322 e. The Bertz CT molecular complexity index is 1080. The highest BCUT2D eigenvalue weighted by Gasteiger charge is 2.16. The number of nitrogens with one attached hydrogen (secondary N) is 2. The molecule has 2 amide bonds. The van der Waals surface area contributed by atoms with Crippen LogP contribution in [0.3, 0.4) is 0 Å². The number of urea groups is 1. The van der Waals surface area contributed by atoms with Gasteiger partial charge >= 0.3 is 6.03 Å². The first-order valence-corrected chi connectivity index (χ1v) is 10.1. The van der Waals surface area contributed by atoms with E-state index in [4.69, 9.17) is 9.47 Å². The summed E-state index contributed by atoms with van der Waals surface area (Å²) in [5.74, 6) is 1.40. The van der Waals surface area contributed by atoms with Crippen LogP contribution >= 0.6 is 0 Å². The van der Waals surface area contributed by atoms with E-state index in [-0.39, 0.29) is 24.7 Å². The lowest BCUT2D eigenvalue weighted by Gasteiger charge is -2.23. The first-order chi connectivity index (χ1) is 15.0. The molecule has 0 unspecified atom stereocenters. The maximum absolute atomic E-state index is 12.9. The van der Waals surface area contributed by atoms with Crippen molar-refractivity contribution < 1.29 is 19.4 Å². The van der Waals surface area contributed by atoms with Gasteiger partial charge in [-0.2, -0.15) is 0 Å². The van der Waals surface area contributed by atoms with Gasteiger partial charge in [0.1, 0.15) is 11.5 Å². The largest absolute Gasteiger partial charge is 0.497 e. The second-order valence-electron chi connectivity index (χ2n) is 6.96. The van der Waals surface area contributed by atoms with Crippen LogP contribution in [0.25, 0.3) is 10.9 Å². The zero-order chi connectivity index (χ0) is 22.2. The molecule has 164 valence electrons. The van der Waals surface area contributed by atoms with Crippen molar-refractivity contribution in [3.63, 3.8) is 0 Å². The van der Waals surface area contributed by atoms with Gasteiger partial charge in [0, 0.05) is 35.3 Å². The highest BCUT2D eigenvalue weighted by atomic mass is 16.5. The predicted molar refractivity (Wildman–Crippen MR) is 120 cm³/mol. The van der Waals surface area contributed by atoms with Crippen LogP contribution in [0, 0.1) is 0 Å². The molecule has 0 fully saturated rings. The molecule has 0 radical (unpaired) electrons. The minimum atomic E-state index is -0.360. The molecule has 31 heavy (non-hydrogen) atoms. The summed E-state index contributed by atoms with van der Waals surface area (Å²) in [6.07, 6.45) is 0.399. The zero-order valence-electron chi connectivity index (χ0n) is 17.7. The molecule has 8 nitrogen and oxygen atoms in total. The van der Waals surface area contributed by atoms with Gasteiger partial charge in [0.15, 0.2) is 0 Å². The van der Waals surface area contributed by atoms with Gasteiger partial charge in [-0.3, -0.25) is 4.79 Å². The Balaban J connectivity index is 1.83. The van der Waals surface area contributed by atoms with Crippen molar-refractivity contribution in [2.75, 3.05) is 32.2 Å². The second-order valence-corrected chi connectivity index (χ2v) is 6.96. The Morgan fingerprint density at radius 3 is 2.55 bits per heavy atom. The standard InChI is InChI=1S/C23H27N3O5/c1-3-31-20-9-10-21-16(14-20)13-17(22(28)25-21)15-26(11-4-12-27)23(29)24-18-5-7-19(30-2)8-6-18/h5-10,13-14,27H,3-4,11-12,15H2,1-2H3,(H,24,29)(H,25,28). The van der Waals surface area contributed by atoms with E-state index in [0.29, 0.717) is 47.8 Å². The van der Waals surface area contributed by atoms with Crippen LogP contribution in [-0.4, -0.2) is 47.9 Å². The third-order valence-corrected chi connectivity index (χ3v) is 4.78. The van der Waals surface area contributed by atoms with Crippen molar-refractivity contribution >= 4 is 22.6 Å². The van der Waals surface area contributed by atoms with Crippen LogP contribution in [0.2, 0.25) is 0 Å². The summed E-state index contributed by atoms with van der Waals surface area (Å²) in [7, 11) is 1.57. The number of aromatic amines is 1. The van der Waals surface area contributed by atoms with E-state index < -0.39 is 0 Å². The van der Waals surface area contributed by atoms with Crippen molar-refractivity contribution in [3.05, 3.63) is 64.4 Å². The molecule has 3 aromatic rings. The summed E-state index contributed by atoms with van der Waals surface area (Å²) in [6, 6.07) is 13.8. The summed E-state index contributed by atoms with van der Waals surface area (Å²) in [5.41, 5.74) is 1.49. The Morgan fingerprint density at radius 2 is 1.87 bits per heavy atom. The quantitative estimate of drug-likeness (QED) is 0.488. The Kier molecular flexibility index (Phi) is 7.50. The number of pyridine rings is 1. The molecule has 1 aromatic heterocycles. The van der Waals surface area contributed by atoms with E-state index in [1.807, 2.05) is 13.0 Å². The number of aliphatic hydroxyl groups is 1. The van der Waals surface area contributed by atoms with Crippen LogP contribution in [0.5, 0.6) is 11.5 Å². The number of benzene rings is 2. The number of aliphatic hydroxyl groups excluding tert-OH is 1. The van der Waals surface area contributed by atoms with Crippen molar-refractivity contribution in [2.45, 2.75) is 19.9 Å². The molecule has 0 spiro atoms. The summed E-state index contributed by atoms with van der Waals surface area (Å²) in [6.45, 7) is 2.80. The lowest BCUT2D eigenvalue weighted by Crippen LogP contribution is -2.37. The average Bonchev–Trinajstić information content (AvgIpc) is 2.77. The molecule has 0 aliphatic rings. The number of amides is 2. The van der Waals surface area contributed by atoms with Gasteiger partial charge in [0.25, 0.3) is 5.56 Å². The molecular formula is C23H27N3O5. The van der Waals surface area contributed by atoms with Gasteiger partial charge in [-0.25, -0.2) is 4.79 Å². The van der Waals surface area contributed by atoms with Crippen molar-refractivity contribution in [2.24, 2.45) is 0 Å². The van der Waals surface area contributed by atoms with Gasteiger partial charge in [-0.05, 0) is 61.9 Å². The Labute approximate surface area is 180 Å². The Hall–Kier alpha value is -3.52. The molecule has 3 N–H and O–H groups in total. The predicted octanol–water partition coefficient (Wildman–Crippen LogP) is 3.35. The lowest BCUT2D eigenvalue weighted by molar-refractivity contribution is 0.199. The van der Waals surface area contributed by atoms with E-state index in [1.165, 1.54) is 4.90 Å². The molecule has 0 aliphatic carbocycles. The maximum atomic E-state index is 12.9. The molecule has 3 rings (SSSR count). The van der Waals surface area contributed by atoms with E-state index in [1.54, 1.807) is 49.6 Å². The van der Waals surface area contributed by atoms with Gasteiger partial charge in [-0.15, -0.1) is 0 Å². The molecule has 8 heteroatoms. The zero-order valence-corrected chi connectivity index (χ0v) is 17.7. The summed E-state index contributed by atoms with van der Waals surface area (Å²) >= 11 is 0. The lowest BCUT2D eigenvalue weighted by atomic mass is 10.1. The minimum Gasteiger partial charge on any atom is -0.497 e.